The van der Waals surface area contributed by atoms with Crippen molar-refractivity contribution in [3.8, 4) is 0 Å². The number of alkyl halides is 2. The van der Waals surface area contributed by atoms with Gasteiger partial charge in [0.05, 0.1) is 5.69 Å². The van der Waals surface area contributed by atoms with Crippen molar-refractivity contribution in [1.82, 2.24) is 10.3 Å². The minimum absolute atomic E-state index is 0.224. The van der Waals surface area contributed by atoms with Gasteiger partial charge in [0.1, 0.15) is 21.6 Å². The van der Waals surface area contributed by atoms with Crippen molar-refractivity contribution in [2.45, 2.75) is 19.5 Å². The SMILES string of the molecule is Cc1cc(C(F)F)nc2sc3c(c12)N[C@@H](c1ccccc1)NC3=O. The van der Waals surface area contributed by atoms with E-state index in [1.165, 1.54) is 6.07 Å². The number of halogens is 2. The van der Waals surface area contributed by atoms with E-state index >= 15 is 0 Å². The van der Waals surface area contributed by atoms with E-state index in [1.54, 1.807) is 6.92 Å². The van der Waals surface area contributed by atoms with Crippen LogP contribution in [0.2, 0.25) is 0 Å². The molecular formula is C17H13F2N3OS. The minimum atomic E-state index is -2.63. The van der Waals surface area contributed by atoms with Gasteiger partial charge in [0.15, 0.2) is 0 Å². The average Bonchev–Trinajstić information content (AvgIpc) is 2.95. The van der Waals surface area contributed by atoms with Crippen molar-refractivity contribution < 1.29 is 13.6 Å². The Morgan fingerprint density at radius 3 is 2.67 bits per heavy atom. The molecule has 0 unspecified atom stereocenters. The first kappa shape index (κ1) is 15.0. The molecule has 4 rings (SSSR count). The lowest BCUT2D eigenvalue weighted by Crippen LogP contribution is -2.37. The van der Waals surface area contributed by atoms with Gasteiger partial charge in [-0.25, -0.2) is 13.8 Å². The number of nitrogens with one attached hydrogen (secondary N) is 2. The van der Waals surface area contributed by atoms with Crippen LogP contribution in [0.5, 0.6) is 0 Å². The third-order valence-corrected chi connectivity index (χ3v) is 5.09. The molecule has 122 valence electrons. The molecule has 3 aromatic rings. The molecule has 1 amide bonds. The van der Waals surface area contributed by atoms with Crippen LogP contribution in [0.25, 0.3) is 10.2 Å². The van der Waals surface area contributed by atoms with Crippen molar-refractivity contribution in [3.63, 3.8) is 0 Å². The normalized spacial score (nSPS) is 16.8. The van der Waals surface area contributed by atoms with Gasteiger partial charge in [-0.3, -0.25) is 4.79 Å². The number of carbonyl (C=O) groups excluding carboxylic acids is 1. The van der Waals surface area contributed by atoms with Crippen LogP contribution in [0.1, 0.15) is 39.1 Å². The second-order valence-corrected chi connectivity index (χ2v) is 6.61. The molecule has 2 N–H and O–H groups in total. The first-order chi connectivity index (χ1) is 11.5. The Morgan fingerprint density at radius 2 is 1.96 bits per heavy atom. The maximum atomic E-state index is 13.0. The molecule has 1 atom stereocenters. The molecule has 0 bridgehead atoms. The highest BCUT2D eigenvalue weighted by atomic mass is 32.1. The molecule has 0 aliphatic carbocycles. The van der Waals surface area contributed by atoms with E-state index < -0.39 is 6.43 Å². The largest absolute Gasteiger partial charge is 0.360 e. The Kier molecular flexibility index (Phi) is 3.45. The lowest BCUT2D eigenvalue weighted by molar-refractivity contribution is 0.0940. The summed E-state index contributed by atoms with van der Waals surface area (Å²) in [5.41, 5.74) is 2.00. The van der Waals surface area contributed by atoms with Crippen molar-refractivity contribution in [1.29, 1.82) is 0 Å². The van der Waals surface area contributed by atoms with Crippen LogP contribution in [0.15, 0.2) is 36.4 Å². The van der Waals surface area contributed by atoms with E-state index in [0.29, 0.717) is 21.0 Å². The second kappa shape index (κ2) is 5.52. The molecule has 1 aromatic carbocycles. The Balaban J connectivity index is 1.85. The molecule has 3 heterocycles. The Labute approximate surface area is 140 Å². The van der Waals surface area contributed by atoms with Crippen LogP contribution in [-0.2, 0) is 0 Å². The van der Waals surface area contributed by atoms with Crippen LogP contribution in [0, 0.1) is 6.92 Å². The van der Waals surface area contributed by atoms with Crippen LogP contribution < -0.4 is 10.6 Å². The third-order valence-electron chi connectivity index (χ3n) is 4.01. The molecule has 0 saturated carbocycles. The number of fused-ring (bicyclic) bond motifs is 3. The zero-order valence-corrected chi connectivity index (χ0v) is 13.5. The number of nitrogens with zero attached hydrogens (tertiary/aromatic N) is 1. The van der Waals surface area contributed by atoms with Gasteiger partial charge in [0, 0.05) is 5.39 Å². The number of aromatic nitrogens is 1. The molecule has 2 aromatic heterocycles. The van der Waals surface area contributed by atoms with Crippen LogP contribution >= 0.6 is 11.3 Å². The number of hydrogen-bond donors (Lipinski definition) is 2. The maximum absolute atomic E-state index is 13.0. The summed E-state index contributed by atoms with van der Waals surface area (Å²) in [5, 5.41) is 6.93. The lowest BCUT2D eigenvalue weighted by Gasteiger charge is -2.26. The molecule has 1 aliphatic heterocycles. The number of carbonyl (C=O) groups is 1. The van der Waals surface area contributed by atoms with Gasteiger partial charge in [-0.15, -0.1) is 11.3 Å². The summed E-state index contributed by atoms with van der Waals surface area (Å²) < 4.78 is 25.9. The van der Waals surface area contributed by atoms with Gasteiger partial charge < -0.3 is 10.6 Å². The first-order valence-electron chi connectivity index (χ1n) is 7.39. The monoisotopic (exact) mass is 345 g/mol. The second-order valence-electron chi connectivity index (χ2n) is 5.61. The Bertz CT molecular complexity index is 940. The van der Waals surface area contributed by atoms with Crippen molar-refractivity contribution >= 4 is 33.1 Å². The van der Waals surface area contributed by atoms with Crippen molar-refractivity contribution in [2.24, 2.45) is 0 Å². The lowest BCUT2D eigenvalue weighted by atomic mass is 10.1. The first-order valence-corrected chi connectivity index (χ1v) is 8.21. The Hall–Kier alpha value is -2.54. The minimum Gasteiger partial charge on any atom is -0.360 e. The highest BCUT2D eigenvalue weighted by Gasteiger charge is 2.30. The number of pyridine rings is 1. The summed E-state index contributed by atoms with van der Waals surface area (Å²) in [4.78, 5) is 17.4. The molecule has 7 heteroatoms. The molecule has 0 saturated heterocycles. The third kappa shape index (κ3) is 2.32. The highest BCUT2D eigenvalue weighted by Crippen LogP contribution is 2.41. The quantitative estimate of drug-likeness (QED) is 0.724. The number of hydrogen-bond acceptors (Lipinski definition) is 4. The summed E-state index contributed by atoms with van der Waals surface area (Å²) in [6.07, 6.45) is -3.00. The number of aryl methyl sites for hydroxylation is 1. The van der Waals surface area contributed by atoms with E-state index in [2.05, 4.69) is 15.6 Å². The molecule has 0 spiro atoms. The number of benzene rings is 1. The van der Waals surface area contributed by atoms with E-state index in [-0.39, 0.29) is 17.8 Å². The predicted octanol–water partition coefficient (Wildman–Crippen LogP) is 4.40. The fourth-order valence-electron chi connectivity index (χ4n) is 2.91. The summed E-state index contributed by atoms with van der Waals surface area (Å²) in [7, 11) is 0. The number of thiophene rings is 1. The average molecular weight is 345 g/mol. The summed E-state index contributed by atoms with van der Waals surface area (Å²) in [6, 6.07) is 10.9. The number of anilines is 1. The fraction of sp³-hybridized carbons (Fsp3) is 0.176. The molecule has 0 fully saturated rings. The summed E-state index contributed by atoms with van der Waals surface area (Å²) in [5.74, 6) is -0.224. The predicted molar refractivity (Wildman–Crippen MR) is 89.6 cm³/mol. The maximum Gasteiger partial charge on any atom is 0.280 e. The van der Waals surface area contributed by atoms with Gasteiger partial charge in [-0.2, -0.15) is 0 Å². The van der Waals surface area contributed by atoms with Gasteiger partial charge in [-0.05, 0) is 24.1 Å². The van der Waals surface area contributed by atoms with Crippen LogP contribution in [-0.4, -0.2) is 10.9 Å². The number of rotatable bonds is 2. The number of amides is 1. The molecule has 0 radical (unpaired) electrons. The molecule has 4 nitrogen and oxygen atoms in total. The summed E-state index contributed by atoms with van der Waals surface area (Å²) in [6.45, 7) is 1.76. The van der Waals surface area contributed by atoms with Crippen molar-refractivity contribution in [3.05, 3.63) is 58.1 Å². The molecular weight excluding hydrogens is 332 g/mol. The zero-order chi connectivity index (χ0) is 16.8. The van der Waals surface area contributed by atoms with Gasteiger partial charge in [-0.1, -0.05) is 30.3 Å². The van der Waals surface area contributed by atoms with E-state index in [4.69, 9.17) is 0 Å². The van der Waals surface area contributed by atoms with Crippen LogP contribution in [0.3, 0.4) is 0 Å². The van der Waals surface area contributed by atoms with Crippen molar-refractivity contribution in [2.75, 3.05) is 5.32 Å². The Morgan fingerprint density at radius 1 is 1.21 bits per heavy atom. The highest BCUT2D eigenvalue weighted by molar-refractivity contribution is 7.21. The smallest absolute Gasteiger partial charge is 0.280 e. The molecule has 1 aliphatic rings. The van der Waals surface area contributed by atoms with Gasteiger partial charge >= 0.3 is 0 Å². The van der Waals surface area contributed by atoms with Crippen LogP contribution in [0.4, 0.5) is 14.5 Å². The molecule has 24 heavy (non-hydrogen) atoms. The fourth-order valence-corrected chi connectivity index (χ4v) is 4.03. The zero-order valence-electron chi connectivity index (χ0n) is 12.6. The van der Waals surface area contributed by atoms with Gasteiger partial charge in [0.2, 0.25) is 0 Å². The van der Waals surface area contributed by atoms with E-state index in [1.807, 2.05) is 30.3 Å². The van der Waals surface area contributed by atoms with E-state index in [0.717, 1.165) is 22.3 Å². The topological polar surface area (TPSA) is 54.0 Å². The van der Waals surface area contributed by atoms with Gasteiger partial charge in [0.25, 0.3) is 12.3 Å². The van der Waals surface area contributed by atoms with E-state index in [9.17, 15) is 13.6 Å². The summed E-state index contributed by atoms with van der Waals surface area (Å²) >= 11 is 1.13. The standard InChI is InChI=1S/C17H13F2N3OS/c1-8-7-10(14(18)19)20-17-11(8)12-13(24-17)16(23)22-15(21-12)9-5-3-2-4-6-9/h2-7,14-15,21H,1H3,(H,22,23)/t15-/m1/s1.